The van der Waals surface area contributed by atoms with Crippen LogP contribution in [0.2, 0.25) is 0 Å². The van der Waals surface area contributed by atoms with Gasteiger partial charge in [0.1, 0.15) is 5.75 Å². The van der Waals surface area contributed by atoms with Crippen LogP contribution in [-0.4, -0.2) is 26.5 Å². The molecular weight excluding hydrogens is 573 g/mol. The normalized spacial score (nSPS) is 10.9. The van der Waals surface area contributed by atoms with E-state index < -0.39 is 10.0 Å². The fourth-order valence-corrected chi connectivity index (χ4v) is 4.73. The van der Waals surface area contributed by atoms with Gasteiger partial charge in [-0.3, -0.25) is 14.8 Å². The molecule has 172 valence electrons. The number of methoxy groups -OCH3 is 1. The molecule has 1 amide bonds. The minimum absolute atomic E-state index is 0.0902. The van der Waals surface area contributed by atoms with Crippen molar-refractivity contribution in [1.82, 2.24) is 5.32 Å². The zero-order valence-corrected chi connectivity index (χ0v) is 21.9. The molecule has 0 atom stereocenters. The molecule has 0 spiro atoms. The maximum atomic E-state index is 12.7. The summed E-state index contributed by atoms with van der Waals surface area (Å²) in [6.45, 7) is 3.76. The van der Waals surface area contributed by atoms with Crippen molar-refractivity contribution in [3.8, 4) is 5.75 Å². The quantitative estimate of drug-likeness (QED) is 0.279. The number of hydrogen-bond acceptors (Lipinski definition) is 5. The molecule has 0 saturated carbocycles. The number of carbonyl (C=O) groups is 1. The average Bonchev–Trinajstić information content (AvgIpc) is 2.77. The second-order valence-corrected chi connectivity index (χ2v) is 10.4. The number of ether oxygens (including phenoxy) is 1. The lowest BCUT2D eigenvalue weighted by Gasteiger charge is -2.13. The minimum Gasteiger partial charge on any atom is -0.497 e. The van der Waals surface area contributed by atoms with Gasteiger partial charge in [-0.1, -0.05) is 6.07 Å². The van der Waals surface area contributed by atoms with E-state index in [0.717, 1.165) is 14.7 Å². The number of aryl methyl sites for hydroxylation is 2. The molecule has 0 fully saturated rings. The van der Waals surface area contributed by atoms with E-state index in [1.807, 2.05) is 13.0 Å². The number of halogens is 1. The van der Waals surface area contributed by atoms with Crippen molar-refractivity contribution in [3.05, 3.63) is 80.9 Å². The smallest absolute Gasteiger partial charge is 0.261 e. The number of rotatable bonds is 6. The van der Waals surface area contributed by atoms with Crippen LogP contribution in [0.5, 0.6) is 5.75 Å². The summed E-state index contributed by atoms with van der Waals surface area (Å²) in [5.74, 6) is 0.315. The molecule has 33 heavy (non-hydrogen) atoms. The maximum absolute atomic E-state index is 12.7. The number of amides is 1. The summed E-state index contributed by atoms with van der Waals surface area (Å²) in [6, 6.07) is 16.5. The van der Waals surface area contributed by atoms with Gasteiger partial charge in [0.15, 0.2) is 5.11 Å². The third-order valence-corrected chi connectivity index (χ3v) is 7.51. The van der Waals surface area contributed by atoms with E-state index in [2.05, 4.69) is 37.9 Å². The van der Waals surface area contributed by atoms with E-state index in [4.69, 9.17) is 17.0 Å². The van der Waals surface area contributed by atoms with Gasteiger partial charge in [-0.2, -0.15) is 0 Å². The summed E-state index contributed by atoms with van der Waals surface area (Å²) in [7, 11) is -2.24. The molecule has 3 aromatic carbocycles. The maximum Gasteiger partial charge on any atom is 0.261 e. The Morgan fingerprint density at radius 2 is 1.67 bits per heavy atom. The second kappa shape index (κ2) is 10.5. The molecule has 0 bridgehead atoms. The Morgan fingerprint density at radius 1 is 0.970 bits per heavy atom. The summed E-state index contributed by atoms with van der Waals surface area (Å²) >= 11 is 7.38. The Balaban J connectivity index is 1.64. The molecule has 0 heterocycles. The predicted molar refractivity (Wildman–Crippen MR) is 143 cm³/mol. The van der Waals surface area contributed by atoms with E-state index in [-0.39, 0.29) is 15.9 Å². The SMILES string of the molecule is COc1ccc(NS(=O)(=O)c2ccc(NC(=S)NC(=O)c3ccc(C)c(I)c3)cc2)c(C)c1. The molecule has 3 N–H and O–H groups in total. The molecule has 0 radical (unpaired) electrons. The molecule has 3 aromatic rings. The number of anilines is 2. The second-order valence-electron chi connectivity index (χ2n) is 7.18. The zero-order valence-electron chi connectivity index (χ0n) is 18.1. The van der Waals surface area contributed by atoms with E-state index in [1.54, 1.807) is 56.5 Å². The number of nitrogens with one attached hydrogen (secondary N) is 3. The van der Waals surface area contributed by atoms with Gasteiger partial charge in [0.2, 0.25) is 0 Å². The van der Waals surface area contributed by atoms with E-state index in [0.29, 0.717) is 22.7 Å². The standard InChI is InChI=1S/C23H22IN3O4S2/c1-14-4-5-16(13-20(14)24)22(28)26-23(32)25-17-6-9-19(10-7-17)33(29,30)27-21-11-8-18(31-3)12-15(21)2/h4-13,27H,1-3H3,(H2,25,26,28,32). The van der Waals surface area contributed by atoms with Gasteiger partial charge in [-0.05, 0) is 114 Å². The summed E-state index contributed by atoms with van der Waals surface area (Å²) in [4.78, 5) is 12.5. The Bertz CT molecular complexity index is 1310. The largest absolute Gasteiger partial charge is 0.497 e. The minimum atomic E-state index is -3.79. The molecule has 0 aliphatic rings. The van der Waals surface area contributed by atoms with Crippen LogP contribution in [0.1, 0.15) is 21.5 Å². The Morgan fingerprint density at radius 3 is 2.27 bits per heavy atom. The lowest BCUT2D eigenvalue weighted by molar-refractivity contribution is 0.0977. The molecule has 0 saturated heterocycles. The van der Waals surface area contributed by atoms with Crippen molar-refractivity contribution in [1.29, 1.82) is 0 Å². The molecule has 7 nitrogen and oxygen atoms in total. The van der Waals surface area contributed by atoms with E-state index in [9.17, 15) is 13.2 Å². The first-order valence-electron chi connectivity index (χ1n) is 9.75. The van der Waals surface area contributed by atoms with Gasteiger partial charge in [0, 0.05) is 14.8 Å². The number of hydrogen-bond donors (Lipinski definition) is 3. The third kappa shape index (κ3) is 6.42. The van der Waals surface area contributed by atoms with Crippen LogP contribution >= 0.6 is 34.8 Å². The van der Waals surface area contributed by atoms with Crippen LogP contribution in [-0.2, 0) is 10.0 Å². The number of benzene rings is 3. The van der Waals surface area contributed by atoms with Crippen molar-refractivity contribution in [2.75, 3.05) is 17.1 Å². The molecule has 0 aromatic heterocycles. The highest BCUT2D eigenvalue weighted by Crippen LogP contribution is 2.24. The van der Waals surface area contributed by atoms with Crippen molar-refractivity contribution in [2.45, 2.75) is 18.7 Å². The average molecular weight is 595 g/mol. The molecule has 10 heteroatoms. The number of thiocarbonyl (C=S) groups is 1. The first kappa shape index (κ1) is 24.9. The van der Waals surface area contributed by atoms with Crippen molar-refractivity contribution < 1.29 is 17.9 Å². The highest BCUT2D eigenvalue weighted by Gasteiger charge is 2.16. The van der Waals surface area contributed by atoms with Crippen LogP contribution < -0.4 is 20.1 Å². The van der Waals surface area contributed by atoms with Gasteiger partial charge in [0.25, 0.3) is 15.9 Å². The van der Waals surface area contributed by atoms with Crippen LogP contribution in [0, 0.1) is 17.4 Å². The fraction of sp³-hybridized carbons (Fsp3) is 0.130. The first-order chi connectivity index (χ1) is 15.6. The summed E-state index contributed by atoms with van der Waals surface area (Å²) in [5.41, 5.74) is 3.32. The van der Waals surface area contributed by atoms with Crippen LogP contribution in [0.4, 0.5) is 11.4 Å². The zero-order chi connectivity index (χ0) is 24.2. The molecule has 3 rings (SSSR count). The summed E-state index contributed by atoms with van der Waals surface area (Å²) in [5, 5.41) is 5.62. The molecular formula is C23H22IN3O4S2. The topological polar surface area (TPSA) is 96.5 Å². The Labute approximate surface area is 212 Å². The fourth-order valence-electron chi connectivity index (χ4n) is 2.87. The molecule has 0 aliphatic carbocycles. The Hall–Kier alpha value is -2.70. The van der Waals surface area contributed by atoms with Gasteiger partial charge >= 0.3 is 0 Å². The Kier molecular flexibility index (Phi) is 7.92. The third-order valence-electron chi connectivity index (χ3n) is 4.76. The first-order valence-corrected chi connectivity index (χ1v) is 12.7. The van der Waals surface area contributed by atoms with Crippen molar-refractivity contribution in [3.63, 3.8) is 0 Å². The molecule has 0 aliphatic heterocycles. The number of sulfonamides is 1. The highest BCUT2D eigenvalue weighted by molar-refractivity contribution is 14.1. The number of carbonyl (C=O) groups excluding carboxylic acids is 1. The van der Waals surface area contributed by atoms with Crippen molar-refractivity contribution in [2.24, 2.45) is 0 Å². The van der Waals surface area contributed by atoms with Crippen molar-refractivity contribution >= 4 is 67.2 Å². The van der Waals surface area contributed by atoms with E-state index >= 15 is 0 Å². The predicted octanol–water partition coefficient (Wildman–Crippen LogP) is 4.84. The van der Waals surface area contributed by atoms with Crippen LogP contribution in [0.25, 0.3) is 0 Å². The monoisotopic (exact) mass is 595 g/mol. The van der Waals surface area contributed by atoms with Crippen LogP contribution in [0.3, 0.4) is 0 Å². The van der Waals surface area contributed by atoms with Gasteiger partial charge in [-0.15, -0.1) is 0 Å². The van der Waals surface area contributed by atoms with Gasteiger partial charge in [-0.25, -0.2) is 8.42 Å². The summed E-state index contributed by atoms with van der Waals surface area (Å²) < 4.78 is 34.2. The van der Waals surface area contributed by atoms with E-state index in [1.165, 1.54) is 12.1 Å². The highest BCUT2D eigenvalue weighted by atomic mass is 127. The lowest BCUT2D eigenvalue weighted by Crippen LogP contribution is -2.34. The van der Waals surface area contributed by atoms with Crippen LogP contribution in [0.15, 0.2) is 65.6 Å². The summed E-state index contributed by atoms with van der Waals surface area (Å²) in [6.07, 6.45) is 0. The van der Waals surface area contributed by atoms with Gasteiger partial charge in [0.05, 0.1) is 17.7 Å². The molecule has 0 unspecified atom stereocenters. The van der Waals surface area contributed by atoms with Gasteiger partial charge < -0.3 is 10.1 Å². The lowest BCUT2D eigenvalue weighted by atomic mass is 10.1.